The molecule has 3 unspecified atom stereocenters. The molecular weight excluding hydrogens is 221 g/mol. The Balaban J connectivity index is 3.85. The van der Waals surface area contributed by atoms with Gasteiger partial charge in [-0.2, -0.15) is 0 Å². The number of hydrogen-bond donors (Lipinski definition) is 1. The third-order valence-electron chi connectivity index (χ3n) is 1.75. The van der Waals surface area contributed by atoms with E-state index in [4.69, 9.17) is 9.26 Å². The molecule has 0 aromatic heterocycles. The maximum absolute atomic E-state index is 11.5. The summed E-state index contributed by atoms with van der Waals surface area (Å²) in [6.07, 6.45) is 0. The van der Waals surface area contributed by atoms with Crippen LogP contribution in [0.4, 0.5) is 0 Å². The Morgan fingerprint density at radius 1 is 1.53 bits per heavy atom. The summed E-state index contributed by atoms with van der Waals surface area (Å²) in [5.41, 5.74) is 0. The van der Waals surface area contributed by atoms with Crippen LogP contribution in [0, 0.1) is 11.1 Å². The summed E-state index contributed by atoms with van der Waals surface area (Å²) in [6.45, 7) is 4.72. The van der Waals surface area contributed by atoms with Crippen molar-refractivity contribution in [1.29, 1.82) is 0 Å². The Bertz CT molecular complexity index is 255. The maximum Gasteiger partial charge on any atom is 0.377 e. The monoisotopic (exact) mass is 239 g/mol. The number of carbonyl (C=O) groups excluding carboxylic acids is 1. The molecule has 3 atom stereocenters. The zero-order chi connectivity index (χ0) is 12.1. The van der Waals surface area contributed by atoms with Crippen molar-refractivity contribution < 1.29 is 23.5 Å². The van der Waals surface area contributed by atoms with Gasteiger partial charge in [-0.1, -0.05) is 6.92 Å². The molecule has 0 saturated carbocycles. The second-order valence-electron chi connectivity index (χ2n) is 3.57. The predicted molar refractivity (Wildman–Crippen MR) is 55.5 cm³/mol. The van der Waals surface area contributed by atoms with Gasteiger partial charge in [0.2, 0.25) is 0 Å². The topological polar surface area (TPSA) is 80.1 Å². The van der Waals surface area contributed by atoms with E-state index in [0.29, 0.717) is 0 Å². The van der Waals surface area contributed by atoms with Crippen LogP contribution in [-0.2, 0) is 18.6 Å². The minimum atomic E-state index is -3.15. The van der Waals surface area contributed by atoms with Crippen molar-refractivity contribution >= 4 is 13.5 Å². The normalized spacial score (nSPS) is 19.0. The SMILES string of the molecule is CC(=O)OCC(C)COP(C)(=O)[NH+](C)[O-]. The molecule has 0 amide bonds. The summed E-state index contributed by atoms with van der Waals surface area (Å²) in [6, 6.07) is 0. The van der Waals surface area contributed by atoms with E-state index in [2.05, 4.69) is 0 Å². The first-order chi connectivity index (χ1) is 6.75. The third-order valence-corrected chi connectivity index (χ3v) is 3.53. The highest BCUT2D eigenvalue weighted by molar-refractivity contribution is 7.51. The van der Waals surface area contributed by atoms with Crippen molar-refractivity contribution in [3.63, 3.8) is 0 Å². The van der Waals surface area contributed by atoms with Gasteiger partial charge in [-0.15, -0.1) is 0 Å². The first-order valence-electron chi connectivity index (χ1n) is 4.62. The molecule has 0 aromatic carbocycles. The van der Waals surface area contributed by atoms with Crippen LogP contribution in [-0.4, -0.2) is 32.9 Å². The molecule has 0 aliphatic rings. The van der Waals surface area contributed by atoms with Crippen LogP contribution in [0.2, 0.25) is 0 Å². The zero-order valence-corrected chi connectivity index (χ0v) is 10.4. The molecule has 0 bridgehead atoms. The molecule has 15 heavy (non-hydrogen) atoms. The fourth-order valence-electron chi connectivity index (χ4n) is 0.668. The van der Waals surface area contributed by atoms with Crippen molar-refractivity contribution in [2.45, 2.75) is 13.8 Å². The first kappa shape index (κ1) is 14.6. The molecule has 0 aromatic rings. The van der Waals surface area contributed by atoms with E-state index in [1.54, 1.807) is 6.92 Å². The fourth-order valence-corrected chi connectivity index (χ4v) is 1.39. The predicted octanol–water partition coefficient (Wildman–Crippen LogP) is 0.0376. The van der Waals surface area contributed by atoms with Crippen LogP contribution in [0.3, 0.4) is 0 Å². The summed E-state index contributed by atoms with van der Waals surface area (Å²) >= 11 is 0. The van der Waals surface area contributed by atoms with Crippen molar-refractivity contribution in [1.82, 2.24) is 0 Å². The Hall–Kier alpha value is -0.420. The van der Waals surface area contributed by atoms with Crippen molar-refractivity contribution in [3.8, 4) is 0 Å². The maximum atomic E-state index is 11.5. The third kappa shape index (κ3) is 6.62. The average Bonchev–Trinajstić information content (AvgIpc) is 2.11. The molecule has 0 saturated heterocycles. The lowest BCUT2D eigenvalue weighted by molar-refractivity contribution is -0.695. The second-order valence-corrected chi connectivity index (χ2v) is 6.15. The van der Waals surface area contributed by atoms with Crippen molar-refractivity contribution in [2.75, 3.05) is 26.9 Å². The van der Waals surface area contributed by atoms with E-state index in [9.17, 15) is 14.6 Å². The van der Waals surface area contributed by atoms with E-state index in [1.165, 1.54) is 20.6 Å². The van der Waals surface area contributed by atoms with Gasteiger partial charge in [-0.05, 0) is 0 Å². The molecule has 0 spiro atoms. The Labute approximate surface area is 89.6 Å². The standard InChI is InChI=1S/C8H18NO5P/c1-7(5-13-8(2)10)6-14-15(4,12)9(3)11/h7,9H,5-6H2,1-4H3. The first-order valence-corrected chi connectivity index (χ1v) is 6.69. The van der Waals surface area contributed by atoms with Crippen molar-refractivity contribution in [2.24, 2.45) is 5.92 Å². The molecule has 7 heteroatoms. The number of quaternary nitrogens is 1. The van der Waals surface area contributed by atoms with E-state index in [1.807, 2.05) is 0 Å². The second kappa shape index (κ2) is 6.23. The van der Waals surface area contributed by atoms with E-state index in [0.717, 1.165) is 0 Å². The van der Waals surface area contributed by atoms with Crippen LogP contribution in [0.25, 0.3) is 0 Å². The van der Waals surface area contributed by atoms with Gasteiger partial charge in [0.25, 0.3) is 0 Å². The number of carbonyl (C=O) groups is 1. The summed E-state index contributed by atoms with van der Waals surface area (Å²) in [5.74, 6) is -0.449. The Morgan fingerprint density at radius 3 is 2.47 bits per heavy atom. The van der Waals surface area contributed by atoms with Crippen LogP contribution >= 0.6 is 7.52 Å². The van der Waals surface area contributed by atoms with Crippen LogP contribution in [0.1, 0.15) is 13.8 Å². The molecule has 0 aliphatic heterocycles. The van der Waals surface area contributed by atoms with Gasteiger partial charge < -0.3 is 14.8 Å². The fraction of sp³-hybridized carbons (Fsp3) is 0.875. The van der Waals surface area contributed by atoms with Gasteiger partial charge in [0, 0.05) is 12.8 Å². The summed E-state index contributed by atoms with van der Waals surface area (Å²) in [4.78, 5) is 10.0. The van der Waals surface area contributed by atoms with Gasteiger partial charge in [0.1, 0.15) is 0 Å². The van der Waals surface area contributed by atoms with Crippen molar-refractivity contribution in [3.05, 3.63) is 5.21 Å². The molecule has 1 N–H and O–H groups in total. The summed E-state index contributed by atoms with van der Waals surface area (Å²) in [7, 11) is -1.91. The Kier molecular flexibility index (Phi) is 6.05. The van der Waals surface area contributed by atoms with E-state index < -0.39 is 12.4 Å². The number of rotatable bonds is 6. The number of ether oxygens (including phenoxy) is 1. The van der Waals surface area contributed by atoms with Crippen LogP contribution < -0.4 is 4.83 Å². The van der Waals surface area contributed by atoms with Gasteiger partial charge >= 0.3 is 13.5 Å². The lowest BCUT2D eigenvalue weighted by atomic mass is 10.2. The largest absolute Gasteiger partial charge is 0.630 e. The minimum Gasteiger partial charge on any atom is -0.630 e. The number of esters is 1. The zero-order valence-electron chi connectivity index (χ0n) is 9.48. The summed E-state index contributed by atoms with van der Waals surface area (Å²) < 4.78 is 21.2. The average molecular weight is 239 g/mol. The summed E-state index contributed by atoms with van der Waals surface area (Å²) in [5, 5.41) is 10.9. The van der Waals surface area contributed by atoms with Gasteiger partial charge in [0.05, 0.1) is 26.9 Å². The van der Waals surface area contributed by atoms with Gasteiger partial charge in [0.15, 0.2) is 0 Å². The number of nitrogens with one attached hydrogen (secondary N) is 1. The number of hydroxylamine groups is 1. The number of hydrogen-bond acceptors (Lipinski definition) is 5. The highest BCUT2D eigenvalue weighted by Crippen LogP contribution is 2.31. The Morgan fingerprint density at radius 2 is 2.07 bits per heavy atom. The molecular formula is C8H18NO5P. The van der Waals surface area contributed by atoms with Gasteiger partial charge in [-0.25, -0.2) is 4.57 Å². The molecule has 0 rings (SSSR count). The smallest absolute Gasteiger partial charge is 0.377 e. The molecule has 0 radical (unpaired) electrons. The van der Waals surface area contributed by atoms with E-state index in [-0.39, 0.29) is 25.1 Å². The highest BCUT2D eigenvalue weighted by atomic mass is 31.2. The van der Waals surface area contributed by atoms with Gasteiger partial charge in [-0.3, -0.25) is 9.32 Å². The highest BCUT2D eigenvalue weighted by Gasteiger charge is 2.22. The van der Waals surface area contributed by atoms with E-state index >= 15 is 0 Å². The molecule has 0 aliphatic carbocycles. The van der Waals surface area contributed by atoms with Crippen LogP contribution in [0.15, 0.2) is 0 Å². The quantitative estimate of drug-likeness (QED) is 0.402. The minimum absolute atomic E-state index is 0.0819. The van der Waals surface area contributed by atoms with Crippen LogP contribution in [0.5, 0.6) is 0 Å². The molecule has 0 heterocycles. The lowest BCUT2D eigenvalue weighted by Gasteiger charge is -2.24. The molecule has 90 valence electrons. The molecule has 0 fully saturated rings. The lowest BCUT2D eigenvalue weighted by Crippen LogP contribution is -2.98. The molecule has 6 nitrogen and oxygen atoms in total.